The summed E-state index contributed by atoms with van der Waals surface area (Å²) in [4.78, 5) is 17.8. The van der Waals surface area contributed by atoms with Crippen LogP contribution >= 0.6 is 24.6 Å². The fourth-order valence-corrected chi connectivity index (χ4v) is 2.61. The molecule has 1 N–H and O–H groups in total. The molecule has 23 heavy (non-hydrogen) atoms. The Morgan fingerprint density at radius 2 is 1.83 bits per heavy atom. The predicted octanol–water partition coefficient (Wildman–Crippen LogP) is 2.45. The van der Waals surface area contributed by atoms with Gasteiger partial charge in [0.2, 0.25) is 0 Å². The number of rotatable bonds is 6. The summed E-state index contributed by atoms with van der Waals surface area (Å²) in [5.41, 5.74) is 0.537. The standard InChI is InChI=1S/C15H21N3O3S.ClH/c1-17(2)6-5-7-18-14(19)10-8-12(20-3)13(21-4)9-11(10)16-15(18)22;/h8-9H,5-7H2,1-4H3,(H,16,22);1H. The van der Waals surface area contributed by atoms with E-state index in [-0.39, 0.29) is 18.0 Å². The quantitative estimate of drug-likeness (QED) is 0.803. The van der Waals surface area contributed by atoms with E-state index in [2.05, 4.69) is 9.88 Å². The van der Waals surface area contributed by atoms with E-state index in [4.69, 9.17) is 21.7 Å². The second-order valence-electron chi connectivity index (χ2n) is 5.30. The van der Waals surface area contributed by atoms with Gasteiger partial charge in [-0.15, -0.1) is 12.4 Å². The Kier molecular flexibility index (Phi) is 7.05. The minimum absolute atomic E-state index is 0. The lowest BCUT2D eigenvalue weighted by atomic mass is 10.2. The average Bonchev–Trinajstić information content (AvgIpc) is 2.49. The number of aromatic amines is 1. The van der Waals surface area contributed by atoms with Gasteiger partial charge in [0.1, 0.15) is 0 Å². The fourth-order valence-electron chi connectivity index (χ4n) is 2.33. The first-order chi connectivity index (χ1) is 10.5. The number of hydrogen-bond acceptors (Lipinski definition) is 5. The van der Waals surface area contributed by atoms with Gasteiger partial charge in [-0.1, -0.05) is 0 Å². The van der Waals surface area contributed by atoms with Gasteiger partial charge in [0.05, 0.1) is 25.1 Å². The average molecular weight is 360 g/mol. The van der Waals surface area contributed by atoms with Gasteiger partial charge in [-0.25, -0.2) is 0 Å². The number of halogens is 1. The van der Waals surface area contributed by atoms with Crippen LogP contribution in [0.15, 0.2) is 16.9 Å². The van der Waals surface area contributed by atoms with Gasteiger partial charge in [-0.2, -0.15) is 0 Å². The van der Waals surface area contributed by atoms with Crippen molar-refractivity contribution in [1.29, 1.82) is 0 Å². The first-order valence-corrected chi connectivity index (χ1v) is 7.42. The second-order valence-corrected chi connectivity index (χ2v) is 5.68. The van der Waals surface area contributed by atoms with Crippen molar-refractivity contribution in [3.05, 3.63) is 27.3 Å². The summed E-state index contributed by atoms with van der Waals surface area (Å²) in [6, 6.07) is 3.42. The van der Waals surface area contributed by atoms with Crippen LogP contribution < -0.4 is 15.0 Å². The van der Waals surface area contributed by atoms with Crippen molar-refractivity contribution in [2.75, 3.05) is 34.9 Å². The number of H-pyrrole nitrogens is 1. The molecule has 0 amide bonds. The molecule has 0 saturated heterocycles. The molecule has 0 fully saturated rings. The number of nitrogens with zero attached hydrogens (tertiary/aromatic N) is 2. The molecule has 1 aromatic carbocycles. The van der Waals surface area contributed by atoms with Crippen LogP contribution in [0.2, 0.25) is 0 Å². The molecule has 0 spiro atoms. The highest BCUT2D eigenvalue weighted by Crippen LogP contribution is 2.29. The zero-order chi connectivity index (χ0) is 16.3. The van der Waals surface area contributed by atoms with E-state index in [1.54, 1.807) is 30.9 Å². The van der Waals surface area contributed by atoms with Crippen molar-refractivity contribution in [2.24, 2.45) is 0 Å². The highest BCUT2D eigenvalue weighted by atomic mass is 35.5. The summed E-state index contributed by atoms with van der Waals surface area (Å²) in [5, 5.41) is 0.538. The molecule has 0 aliphatic carbocycles. The summed E-state index contributed by atoms with van der Waals surface area (Å²) in [6.07, 6.45) is 0.850. The van der Waals surface area contributed by atoms with E-state index in [1.807, 2.05) is 14.1 Å². The minimum Gasteiger partial charge on any atom is -0.493 e. The topological polar surface area (TPSA) is 59.5 Å². The fraction of sp³-hybridized carbons (Fsp3) is 0.467. The first kappa shape index (κ1) is 19.5. The third kappa shape index (κ3) is 4.25. The molecular weight excluding hydrogens is 338 g/mol. The number of hydrogen-bond donors (Lipinski definition) is 1. The van der Waals surface area contributed by atoms with Crippen molar-refractivity contribution in [3.8, 4) is 11.5 Å². The maximum absolute atomic E-state index is 12.7. The number of methoxy groups -OCH3 is 2. The van der Waals surface area contributed by atoms with Crippen LogP contribution in [0.4, 0.5) is 0 Å². The third-order valence-electron chi connectivity index (χ3n) is 3.47. The van der Waals surface area contributed by atoms with E-state index >= 15 is 0 Å². The van der Waals surface area contributed by atoms with Crippen LogP contribution in [-0.4, -0.2) is 49.3 Å². The van der Waals surface area contributed by atoms with Crippen LogP contribution in [0.3, 0.4) is 0 Å². The van der Waals surface area contributed by atoms with Gasteiger partial charge in [0.15, 0.2) is 16.3 Å². The Labute approximate surface area is 146 Å². The lowest BCUT2D eigenvalue weighted by Crippen LogP contribution is -2.24. The molecule has 0 saturated carbocycles. The Balaban J connectivity index is 0.00000264. The zero-order valence-corrected chi connectivity index (χ0v) is 15.3. The lowest BCUT2D eigenvalue weighted by molar-refractivity contribution is 0.355. The molecule has 1 aromatic heterocycles. The van der Waals surface area contributed by atoms with E-state index in [9.17, 15) is 4.79 Å². The summed E-state index contributed by atoms with van der Waals surface area (Å²) < 4.78 is 12.5. The minimum atomic E-state index is -0.113. The maximum Gasteiger partial charge on any atom is 0.262 e. The molecule has 0 bridgehead atoms. The summed E-state index contributed by atoms with van der Waals surface area (Å²) in [7, 11) is 7.10. The molecule has 8 heteroatoms. The third-order valence-corrected chi connectivity index (χ3v) is 3.80. The number of fused-ring (bicyclic) bond motifs is 1. The molecular formula is C15H22ClN3O3S. The van der Waals surface area contributed by atoms with Crippen LogP contribution in [-0.2, 0) is 6.54 Å². The van der Waals surface area contributed by atoms with Gasteiger partial charge in [0, 0.05) is 12.6 Å². The van der Waals surface area contributed by atoms with Gasteiger partial charge < -0.3 is 19.4 Å². The van der Waals surface area contributed by atoms with Crippen molar-refractivity contribution in [3.63, 3.8) is 0 Å². The van der Waals surface area contributed by atoms with Crippen LogP contribution in [0.1, 0.15) is 6.42 Å². The summed E-state index contributed by atoms with van der Waals surface area (Å²) in [6.45, 7) is 1.47. The number of ether oxygens (including phenoxy) is 2. The molecule has 128 valence electrons. The van der Waals surface area contributed by atoms with Crippen molar-refractivity contribution < 1.29 is 9.47 Å². The molecule has 0 unspecified atom stereocenters. The monoisotopic (exact) mass is 359 g/mol. The normalized spacial score (nSPS) is 10.7. The van der Waals surface area contributed by atoms with Crippen molar-refractivity contribution in [1.82, 2.24) is 14.5 Å². The van der Waals surface area contributed by atoms with E-state index in [0.29, 0.717) is 33.7 Å². The Bertz CT molecular complexity index is 786. The van der Waals surface area contributed by atoms with E-state index < -0.39 is 0 Å². The van der Waals surface area contributed by atoms with Crippen molar-refractivity contribution >= 4 is 35.5 Å². The molecule has 0 atom stereocenters. The predicted molar refractivity (Wildman–Crippen MR) is 96.9 cm³/mol. The summed E-state index contributed by atoms with van der Waals surface area (Å²) in [5.74, 6) is 1.09. The van der Waals surface area contributed by atoms with Gasteiger partial charge in [-0.05, 0) is 45.3 Å². The van der Waals surface area contributed by atoms with Crippen LogP contribution in [0.25, 0.3) is 10.9 Å². The van der Waals surface area contributed by atoms with E-state index in [1.165, 1.54) is 0 Å². The molecule has 1 heterocycles. The van der Waals surface area contributed by atoms with Gasteiger partial charge in [-0.3, -0.25) is 9.36 Å². The van der Waals surface area contributed by atoms with Crippen LogP contribution in [0.5, 0.6) is 11.5 Å². The van der Waals surface area contributed by atoms with Crippen molar-refractivity contribution in [2.45, 2.75) is 13.0 Å². The molecule has 2 rings (SSSR count). The molecule has 2 aromatic rings. The van der Waals surface area contributed by atoms with Gasteiger partial charge >= 0.3 is 0 Å². The second kappa shape index (κ2) is 8.33. The largest absolute Gasteiger partial charge is 0.493 e. The summed E-state index contributed by atoms with van der Waals surface area (Å²) >= 11 is 5.31. The Morgan fingerprint density at radius 3 is 2.39 bits per heavy atom. The number of aromatic nitrogens is 2. The molecule has 0 aliphatic rings. The molecule has 0 aliphatic heterocycles. The first-order valence-electron chi connectivity index (χ1n) is 7.01. The molecule has 0 radical (unpaired) electrons. The number of nitrogens with one attached hydrogen (secondary N) is 1. The zero-order valence-electron chi connectivity index (χ0n) is 13.7. The SMILES string of the molecule is COc1cc2[nH]c(=S)n(CCCN(C)C)c(=O)c2cc1OC.Cl. The van der Waals surface area contributed by atoms with E-state index in [0.717, 1.165) is 13.0 Å². The Hall–Kier alpha value is -1.57. The van der Waals surface area contributed by atoms with Crippen LogP contribution in [0, 0.1) is 4.77 Å². The molecule has 6 nitrogen and oxygen atoms in total. The lowest BCUT2D eigenvalue weighted by Gasteiger charge is -2.13. The highest BCUT2D eigenvalue weighted by Gasteiger charge is 2.11. The smallest absolute Gasteiger partial charge is 0.262 e. The highest BCUT2D eigenvalue weighted by molar-refractivity contribution is 7.71. The number of benzene rings is 1. The van der Waals surface area contributed by atoms with Gasteiger partial charge in [0.25, 0.3) is 5.56 Å². The maximum atomic E-state index is 12.7. The Morgan fingerprint density at radius 1 is 1.22 bits per heavy atom.